The second-order valence-electron chi connectivity index (χ2n) is 5.25. The predicted octanol–water partition coefficient (Wildman–Crippen LogP) is 1.72. The third kappa shape index (κ3) is 2.61. The Balaban J connectivity index is 2.03. The Morgan fingerprint density at radius 2 is 1.90 bits per heavy atom. The molecule has 20 heavy (non-hydrogen) atoms. The average molecular weight is 289 g/mol. The maximum atomic E-state index is 11.7. The van der Waals surface area contributed by atoms with Crippen LogP contribution in [-0.2, 0) is 11.2 Å². The minimum Gasteiger partial charge on any atom is -0.612 e. The Kier molecular flexibility index (Phi) is 3.83. The molecule has 2 heterocycles. The number of fused-ring (bicyclic) bond motifs is 1. The van der Waals surface area contributed by atoms with E-state index in [0.29, 0.717) is 0 Å². The van der Waals surface area contributed by atoms with Crippen molar-refractivity contribution >= 4 is 27.8 Å². The number of hydrogen-bond donors (Lipinski definition) is 0. The van der Waals surface area contributed by atoms with Crippen molar-refractivity contribution in [3.05, 3.63) is 30.5 Å². The first-order valence-corrected chi connectivity index (χ1v) is 8.36. The van der Waals surface area contributed by atoms with E-state index in [4.69, 9.17) is 0 Å². The van der Waals surface area contributed by atoms with Gasteiger partial charge in [-0.1, -0.05) is 0 Å². The maximum Gasteiger partial charge on any atom is 0.153 e. The van der Waals surface area contributed by atoms with E-state index in [2.05, 4.69) is 27.9 Å². The molecule has 0 bridgehead atoms. The number of piperazine rings is 1. The molecule has 1 aliphatic rings. The Morgan fingerprint density at radius 1 is 1.15 bits per heavy atom. The molecule has 5 heteroatoms. The van der Waals surface area contributed by atoms with Crippen LogP contribution in [0.3, 0.4) is 0 Å². The number of likely N-dealkylation sites (N-methyl/N-ethyl adjacent to an activating group) is 1. The second-order valence-corrected chi connectivity index (χ2v) is 6.63. The normalized spacial score (nSPS) is 18.4. The molecule has 3 rings (SSSR count). The van der Waals surface area contributed by atoms with Crippen LogP contribution in [-0.4, -0.2) is 53.9 Å². The molecule has 4 nitrogen and oxygen atoms in total. The summed E-state index contributed by atoms with van der Waals surface area (Å²) in [5.41, 5.74) is 2.17. The van der Waals surface area contributed by atoms with Gasteiger partial charge in [0.25, 0.3) is 0 Å². The van der Waals surface area contributed by atoms with E-state index in [1.807, 2.05) is 24.4 Å². The second kappa shape index (κ2) is 5.60. The van der Waals surface area contributed by atoms with Gasteiger partial charge in [0.1, 0.15) is 6.26 Å². The van der Waals surface area contributed by atoms with Gasteiger partial charge >= 0.3 is 0 Å². The van der Waals surface area contributed by atoms with E-state index in [9.17, 15) is 4.55 Å². The fourth-order valence-corrected chi connectivity index (χ4v) is 3.16. The average Bonchev–Trinajstić information content (AvgIpc) is 2.47. The summed E-state index contributed by atoms with van der Waals surface area (Å²) in [6.07, 6.45) is 3.58. The maximum absolute atomic E-state index is 11.7. The zero-order chi connectivity index (χ0) is 14.1. The number of anilines is 1. The predicted molar refractivity (Wildman–Crippen MR) is 83.8 cm³/mol. The monoisotopic (exact) mass is 289 g/mol. The standard InChI is InChI=1S/C15H19N3OS/c1-17-7-9-18(10-8-17)15-5-6-16-14-4-3-12(20(2)19)11-13(14)15/h3-6,11H,7-10H2,1-2H3. The lowest BCUT2D eigenvalue weighted by Gasteiger charge is -2.34. The molecule has 106 valence electrons. The molecular weight excluding hydrogens is 270 g/mol. The molecule has 1 aliphatic heterocycles. The summed E-state index contributed by atoms with van der Waals surface area (Å²) in [4.78, 5) is 10.0. The number of aromatic nitrogens is 1. The van der Waals surface area contributed by atoms with Gasteiger partial charge in [0.05, 0.1) is 5.52 Å². The Bertz CT molecular complexity index is 609. The van der Waals surface area contributed by atoms with Gasteiger partial charge in [0, 0.05) is 49.5 Å². The van der Waals surface area contributed by atoms with Crippen molar-refractivity contribution in [2.45, 2.75) is 4.90 Å². The van der Waals surface area contributed by atoms with Crippen LogP contribution in [0, 0.1) is 0 Å². The van der Waals surface area contributed by atoms with Gasteiger partial charge in [0.2, 0.25) is 0 Å². The lowest BCUT2D eigenvalue weighted by Crippen LogP contribution is -2.44. The smallest absolute Gasteiger partial charge is 0.153 e. The van der Waals surface area contributed by atoms with Crippen molar-refractivity contribution in [2.24, 2.45) is 0 Å². The summed E-state index contributed by atoms with van der Waals surface area (Å²) in [7, 11) is 2.15. The number of pyridine rings is 1. The van der Waals surface area contributed by atoms with Crippen molar-refractivity contribution < 1.29 is 4.55 Å². The molecule has 2 aromatic rings. The molecule has 1 fully saturated rings. The Hall–Kier alpha value is -1.30. The summed E-state index contributed by atoms with van der Waals surface area (Å²) in [5, 5.41) is 1.10. The SMILES string of the molecule is CN1CCN(c2ccnc3ccc([S+](C)[O-])cc23)CC1. The minimum absolute atomic E-state index is 0.862. The van der Waals surface area contributed by atoms with Crippen LogP contribution in [0.1, 0.15) is 0 Å². The zero-order valence-electron chi connectivity index (χ0n) is 11.9. The fraction of sp³-hybridized carbons (Fsp3) is 0.400. The highest BCUT2D eigenvalue weighted by atomic mass is 32.2. The first-order valence-electron chi connectivity index (χ1n) is 6.81. The molecule has 0 amide bonds. The van der Waals surface area contributed by atoms with Crippen LogP contribution in [0.5, 0.6) is 0 Å². The lowest BCUT2D eigenvalue weighted by molar-refractivity contribution is 0.313. The third-order valence-corrected chi connectivity index (χ3v) is 4.78. The van der Waals surface area contributed by atoms with Crippen LogP contribution in [0.2, 0.25) is 0 Å². The number of hydrogen-bond acceptors (Lipinski definition) is 4. The van der Waals surface area contributed by atoms with Gasteiger partial charge in [-0.15, -0.1) is 0 Å². The number of rotatable bonds is 2. The lowest BCUT2D eigenvalue weighted by atomic mass is 10.1. The first kappa shape index (κ1) is 13.7. The van der Waals surface area contributed by atoms with Gasteiger partial charge in [-0.2, -0.15) is 0 Å². The van der Waals surface area contributed by atoms with Crippen molar-refractivity contribution in [3.8, 4) is 0 Å². The van der Waals surface area contributed by atoms with Crippen molar-refractivity contribution in [1.29, 1.82) is 0 Å². The van der Waals surface area contributed by atoms with E-state index in [1.54, 1.807) is 6.26 Å². The molecule has 1 atom stereocenters. The molecule has 1 saturated heterocycles. The summed E-state index contributed by atoms with van der Waals surface area (Å²) < 4.78 is 11.7. The van der Waals surface area contributed by atoms with Crippen molar-refractivity contribution in [1.82, 2.24) is 9.88 Å². The number of nitrogens with zero attached hydrogens (tertiary/aromatic N) is 3. The highest BCUT2D eigenvalue weighted by Gasteiger charge is 2.17. The van der Waals surface area contributed by atoms with Crippen LogP contribution < -0.4 is 4.90 Å². The molecular formula is C15H19N3OS. The van der Waals surface area contributed by atoms with Crippen molar-refractivity contribution in [2.75, 3.05) is 44.4 Å². The summed E-state index contributed by atoms with van der Waals surface area (Å²) in [5.74, 6) is 0. The molecule has 1 unspecified atom stereocenters. The molecule has 0 spiro atoms. The topological polar surface area (TPSA) is 42.4 Å². The van der Waals surface area contributed by atoms with Crippen LogP contribution in [0.15, 0.2) is 35.4 Å². The number of benzene rings is 1. The van der Waals surface area contributed by atoms with Gasteiger partial charge < -0.3 is 14.4 Å². The van der Waals surface area contributed by atoms with E-state index >= 15 is 0 Å². The highest BCUT2D eigenvalue weighted by molar-refractivity contribution is 7.90. The van der Waals surface area contributed by atoms with E-state index in [1.165, 1.54) is 5.69 Å². The van der Waals surface area contributed by atoms with E-state index < -0.39 is 11.2 Å². The third-order valence-electron chi connectivity index (χ3n) is 3.87. The summed E-state index contributed by atoms with van der Waals surface area (Å²) >= 11 is -0.958. The fourth-order valence-electron chi connectivity index (χ4n) is 2.61. The van der Waals surface area contributed by atoms with Gasteiger partial charge in [-0.25, -0.2) is 0 Å². The van der Waals surface area contributed by atoms with Crippen LogP contribution >= 0.6 is 0 Å². The summed E-state index contributed by atoms with van der Waals surface area (Å²) in [6, 6.07) is 7.95. The molecule has 0 aliphatic carbocycles. The van der Waals surface area contributed by atoms with Crippen LogP contribution in [0.25, 0.3) is 10.9 Å². The molecule has 0 N–H and O–H groups in total. The van der Waals surface area contributed by atoms with Gasteiger partial charge in [-0.3, -0.25) is 4.98 Å². The van der Waals surface area contributed by atoms with Gasteiger partial charge in [0.15, 0.2) is 4.90 Å². The Labute approximate surface area is 122 Å². The summed E-state index contributed by atoms with van der Waals surface area (Å²) in [6.45, 7) is 4.19. The first-order chi connectivity index (χ1) is 9.65. The van der Waals surface area contributed by atoms with E-state index in [0.717, 1.165) is 42.0 Å². The van der Waals surface area contributed by atoms with Crippen LogP contribution in [0.4, 0.5) is 5.69 Å². The largest absolute Gasteiger partial charge is 0.612 e. The van der Waals surface area contributed by atoms with E-state index in [-0.39, 0.29) is 0 Å². The zero-order valence-corrected chi connectivity index (χ0v) is 12.7. The van der Waals surface area contributed by atoms with Crippen molar-refractivity contribution in [3.63, 3.8) is 0 Å². The Morgan fingerprint density at radius 3 is 2.60 bits per heavy atom. The molecule has 1 aromatic heterocycles. The molecule has 0 radical (unpaired) electrons. The molecule has 0 saturated carbocycles. The highest BCUT2D eigenvalue weighted by Crippen LogP contribution is 2.28. The van der Waals surface area contributed by atoms with Gasteiger partial charge in [-0.05, 0) is 36.4 Å². The quantitative estimate of drug-likeness (QED) is 0.790. The minimum atomic E-state index is -0.958. The molecule has 1 aromatic carbocycles.